The first-order chi connectivity index (χ1) is 14.9. The minimum atomic E-state index is -0.544. The number of nitriles is 1. The van der Waals surface area contributed by atoms with Gasteiger partial charge in [0.25, 0.3) is 5.91 Å². The summed E-state index contributed by atoms with van der Waals surface area (Å²) in [4.78, 5) is 12.5. The van der Waals surface area contributed by atoms with Crippen molar-refractivity contribution in [3.05, 3.63) is 98.0 Å². The third-order valence-electron chi connectivity index (χ3n) is 4.40. The van der Waals surface area contributed by atoms with Crippen LogP contribution in [0.2, 0.25) is 15.1 Å². The summed E-state index contributed by atoms with van der Waals surface area (Å²) in [5.74, 6) is -0.0754. The second-order valence-corrected chi connectivity index (χ2v) is 7.88. The lowest BCUT2D eigenvalue weighted by Crippen LogP contribution is -2.13. The quantitative estimate of drug-likeness (QED) is 0.308. The molecule has 0 fully saturated rings. The van der Waals surface area contributed by atoms with E-state index < -0.39 is 5.91 Å². The molecule has 7 heteroatoms. The second kappa shape index (κ2) is 10.4. The van der Waals surface area contributed by atoms with Crippen molar-refractivity contribution in [2.45, 2.75) is 13.5 Å². The molecule has 1 amide bonds. The lowest BCUT2D eigenvalue weighted by atomic mass is 10.1. The van der Waals surface area contributed by atoms with Crippen molar-refractivity contribution >= 4 is 52.5 Å². The Morgan fingerprint density at radius 2 is 1.81 bits per heavy atom. The largest absolute Gasteiger partial charge is 0.487 e. The molecule has 0 saturated heterocycles. The molecule has 3 rings (SSSR count). The minimum Gasteiger partial charge on any atom is -0.487 e. The van der Waals surface area contributed by atoms with Gasteiger partial charge in [0.05, 0.1) is 5.02 Å². The number of hydrogen-bond acceptors (Lipinski definition) is 3. The van der Waals surface area contributed by atoms with E-state index in [1.54, 1.807) is 42.5 Å². The fourth-order valence-corrected chi connectivity index (χ4v) is 3.29. The van der Waals surface area contributed by atoms with Crippen LogP contribution in [0.5, 0.6) is 5.75 Å². The summed E-state index contributed by atoms with van der Waals surface area (Å²) < 4.78 is 5.74. The van der Waals surface area contributed by atoms with Crippen LogP contribution in [0.15, 0.2) is 66.2 Å². The number of rotatable bonds is 6. The average Bonchev–Trinajstić information content (AvgIpc) is 2.75. The number of carbonyl (C=O) groups is 1. The molecule has 156 valence electrons. The van der Waals surface area contributed by atoms with Crippen LogP contribution in [0.25, 0.3) is 6.08 Å². The van der Waals surface area contributed by atoms with Crippen molar-refractivity contribution in [1.82, 2.24) is 0 Å². The number of aryl methyl sites for hydroxylation is 1. The van der Waals surface area contributed by atoms with E-state index in [0.717, 1.165) is 11.1 Å². The van der Waals surface area contributed by atoms with E-state index in [1.807, 2.05) is 31.2 Å². The minimum absolute atomic E-state index is 0.0718. The van der Waals surface area contributed by atoms with Crippen LogP contribution in [0.1, 0.15) is 16.7 Å². The highest BCUT2D eigenvalue weighted by atomic mass is 35.5. The van der Waals surface area contributed by atoms with E-state index in [4.69, 9.17) is 39.5 Å². The number of carbonyl (C=O) groups excluding carboxylic acids is 1. The van der Waals surface area contributed by atoms with E-state index >= 15 is 0 Å². The van der Waals surface area contributed by atoms with Crippen LogP contribution in [0, 0.1) is 18.3 Å². The molecule has 0 aliphatic carbocycles. The highest BCUT2D eigenvalue weighted by molar-refractivity contribution is 6.32. The van der Waals surface area contributed by atoms with Gasteiger partial charge in [0.2, 0.25) is 0 Å². The first-order valence-electron chi connectivity index (χ1n) is 9.22. The van der Waals surface area contributed by atoms with Gasteiger partial charge in [0.15, 0.2) is 0 Å². The van der Waals surface area contributed by atoms with Crippen LogP contribution >= 0.6 is 34.8 Å². The van der Waals surface area contributed by atoms with Gasteiger partial charge in [-0.25, -0.2) is 0 Å². The van der Waals surface area contributed by atoms with E-state index in [1.165, 1.54) is 6.08 Å². The van der Waals surface area contributed by atoms with Gasteiger partial charge in [0.1, 0.15) is 24.0 Å². The zero-order valence-corrected chi connectivity index (χ0v) is 18.7. The topological polar surface area (TPSA) is 62.1 Å². The van der Waals surface area contributed by atoms with Gasteiger partial charge >= 0.3 is 0 Å². The molecule has 31 heavy (non-hydrogen) atoms. The molecule has 1 N–H and O–H groups in total. The molecule has 0 aliphatic rings. The van der Waals surface area contributed by atoms with Crippen LogP contribution in [-0.2, 0) is 11.4 Å². The molecule has 0 saturated carbocycles. The summed E-state index contributed by atoms with van der Waals surface area (Å²) in [6.07, 6.45) is 1.45. The molecule has 0 heterocycles. The van der Waals surface area contributed by atoms with Gasteiger partial charge in [-0.05, 0) is 54.5 Å². The smallest absolute Gasteiger partial charge is 0.266 e. The zero-order valence-electron chi connectivity index (χ0n) is 16.5. The SMILES string of the molecule is Cc1ccc(NC(=O)/C(C#N)=C/c2ccc(OCc3ccccc3Cl)c(Cl)c2)cc1Cl. The van der Waals surface area contributed by atoms with E-state index in [2.05, 4.69) is 5.32 Å². The predicted molar refractivity (Wildman–Crippen MR) is 126 cm³/mol. The van der Waals surface area contributed by atoms with Crippen LogP contribution in [0.3, 0.4) is 0 Å². The summed E-state index contributed by atoms with van der Waals surface area (Å²) in [5.41, 5.74) is 2.75. The van der Waals surface area contributed by atoms with Crippen LogP contribution in [-0.4, -0.2) is 5.91 Å². The molecule has 0 unspecified atom stereocenters. The van der Waals surface area contributed by atoms with E-state index in [0.29, 0.717) is 32.1 Å². The predicted octanol–water partition coefficient (Wildman–Crippen LogP) is 7.08. The van der Waals surface area contributed by atoms with Gasteiger partial charge in [-0.2, -0.15) is 5.26 Å². The first kappa shape index (κ1) is 22.7. The number of hydrogen-bond donors (Lipinski definition) is 1. The fourth-order valence-electron chi connectivity index (χ4n) is 2.68. The number of ether oxygens (including phenoxy) is 1. The normalized spacial score (nSPS) is 11.0. The Hall–Kier alpha value is -2.97. The molecule has 3 aromatic rings. The summed E-state index contributed by atoms with van der Waals surface area (Å²) in [6, 6.07) is 19.4. The zero-order chi connectivity index (χ0) is 22.4. The number of amides is 1. The lowest BCUT2D eigenvalue weighted by molar-refractivity contribution is -0.112. The molecule has 0 spiro atoms. The van der Waals surface area contributed by atoms with Crippen LogP contribution in [0.4, 0.5) is 5.69 Å². The Morgan fingerprint density at radius 1 is 1.03 bits per heavy atom. The maximum Gasteiger partial charge on any atom is 0.266 e. The van der Waals surface area contributed by atoms with Gasteiger partial charge < -0.3 is 10.1 Å². The molecule has 0 bridgehead atoms. The van der Waals surface area contributed by atoms with E-state index in [9.17, 15) is 10.1 Å². The Labute approximate surface area is 195 Å². The Balaban J connectivity index is 1.72. The van der Waals surface area contributed by atoms with Crippen molar-refractivity contribution < 1.29 is 9.53 Å². The fraction of sp³-hybridized carbons (Fsp3) is 0.0833. The molecule has 0 aliphatic heterocycles. The Morgan fingerprint density at radius 3 is 2.48 bits per heavy atom. The van der Waals surface area contributed by atoms with Gasteiger partial charge in [-0.3, -0.25) is 4.79 Å². The molecular weight excluding hydrogens is 455 g/mol. The van der Waals surface area contributed by atoms with Crippen molar-refractivity contribution in [2.75, 3.05) is 5.32 Å². The molecule has 0 aromatic heterocycles. The van der Waals surface area contributed by atoms with Gasteiger partial charge in [-0.15, -0.1) is 0 Å². The van der Waals surface area contributed by atoms with E-state index in [-0.39, 0.29) is 12.2 Å². The number of anilines is 1. The summed E-state index contributed by atoms with van der Waals surface area (Å²) >= 11 is 18.5. The number of nitrogens with one attached hydrogen (secondary N) is 1. The van der Waals surface area contributed by atoms with Gasteiger partial charge in [-0.1, -0.05) is 65.1 Å². The standard InChI is InChI=1S/C24H17Cl3N2O2/c1-15-6-8-19(12-21(15)26)29-24(30)18(13-28)10-16-7-9-23(22(27)11-16)31-14-17-4-2-3-5-20(17)25/h2-12H,14H2,1H3,(H,29,30)/b18-10+. The maximum absolute atomic E-state index is 12.5. The summed E-state index contributed by atoms with van der Waals surface area (Å²) in [6.45, 7) is 2.12. The third kappa shape index (κ3) is 6.02. The van der Waals surface area contributed by atoms with Gasteiger partial charge in [0, 0.05) is 21.3 Å². The third-order valence-corrected chi connectivity index (χ3v) is 5.47. The van der Waals surface area contributed by atoms with Crippen molar-refractivity contribution in [3.8, 4) is 11.8 Å². The average molecular weight is 472 g/mol. The molecule has 3 aromatic carbocycles. The maximum atomic E-state index is 12.5. The Kier molecular flexibility index (Phi) is 7.59. The Bertz CT molecular complexity index is 1200. The van der Waals surface area contributed by atoms with Crippen molar-refractivity contribution in [3.63, 3.8) is 0 Å². The summed E-state index contributed by atoms with van der Waals surface area (Å²) in [7, 11) is 0. The number of halogens is 3. The molecule has 4 nitrogen and oxygen atoms in total. The molecular formula is C24H17Cl3N2O2. The molecule has 0 atom stereocenters. The van der Waals surface area contributed by atoms with Crippen molar-refractivity contribution in [2.24, 2.45) is 0 Å². The molecule has 0 radical (unpaired) electrons. The lowest BCUT2D eigenvalue weighted by Gasteiger charge is -2.10. The monoisotopic (exact) mass is 470 g/mol. The number of nitrogens with zero attached hydrogens (tertiary/aromatic N) is 1. The highest BCUT2D eigenvalue weighted by Crippen LogP contribution is 2.28. The van der Waals surface area contributed by atoms with Crippen molar-refractivity contribution in [1.29, 1.82) is 5.26 Å². The summed E-state index contributed by atoms with van der Waals surface area (Å²) in [5, 5.41) is 13.6. The first-order valence-corrected chi connectivity index (χ1v) is 10.4. The van der Waals surface area contributed by atoms with Crippen LogP contribution < -0.4 is 10.1 Å². The number of benzene rings is 3. The highest BCUT2D eigenvalue weighted by Gasteiger charge is 2.11. The second-order valence-electron chi connectivity index (χ2n) is 6.66.